The van der Waals surface area contributed by atoms with E-state index in [1.54, 1.807) is 0 Å². The summed E-state index contributed by atoms with van der Waals surface area (Å²) >= 11 is 1.91. The van der Waals surface area contributed by atoms with Crippen LogP contribution in [0.15, 0.2) is 6.20 Å². The summed E-state index contributed by atoms with van der Waals surface area (Å²) in [4.78, 5) is 8.53. The Balaban J connectivity index is 1.39. The first-order chi connectivity index (χ1) is 9.73. The normalized spacial score (nSPS) is 35.0. The molecule has 2 aliphatic carbocycles. The predicted molar refractivity (Wildman–Crippen MR) is 80.9 cm³/mol. The summed E-state index contributed by atoms with van der Waals surface area (Å²) in [6, 6.07) is 0. The molecule has 0 radical (unpaired) electrons. The first-order valence-corrected chi connectivity index (χ1v) is 8.94. The standard InChI is InChI=1S/C16H24N2OS/c19-16-6-2-1-3-13(16)10-18(8-7-16)11-14-9-17-15(20-14)12-4-5-12/h9,12-13,19H,1-8,10-11H2. The lowest BCUT2D eigenvalue weighted by Gasteiger charge is -2.47. The minimum Gasteiger partial charge on any atom is -0.390 e. The molecule has 3 fully saturated rings. The van der Waals surface area contributed by atoms with Crippen molar-refractivity contribution in [1.29, 1.82) is 0 Å². The zero-order chi connectivity index (χ0) is 13.6. The Morgan fingerprint density at radius 2 is 2.20 bits per heavy atom. The molecule has 2 atom stereocenters. The molecule has 0 amide bonds. The molecule has 1 aromatic heterocycles. The average molecular weight is 292 g/mol. The van der Waals surface area contributed by atoms with Crippen molar-refractivity contribution in [2.45, 2.75) is 63.0 Å². The molecule has 2 unspecified atom stereocenters. The highest BCUT2D eigenvalue weighted by atomic mass is 32.1. The molecule has 2 saturated carbocycles. The molecule has 4 heteroatoms. The van der Waals surface area contributed by atoms with E-state index in [2.05, 4.69) is 16.1 Å². The van der Waals surface area contributed by atoms with Gasteiger partial charge >= 0.3 is 0 Å². The van der Waals surface area contributed by atoms with Crippen LogP contribution in [0.5, 0.6) is 0 Å². The molecule has 20 heavy (non-hydrogen) atoms. The van der Waals surface area contributed by atoms with Crippen LogP contribution in [0.4, 0.5) is 0 Å². The third-order valence-electron chi connectivity index (χ3n) is 5.39. The summed E-state index contributed by atoms with van der Waals surface area (Å²) in [6.45, 7) is 3.16. The van der Waals surface area contributed by atoms with Crippen molar-refractivity contribution in [1.82, 2.24) is 9.88 Å². The van der Waals surface area contributed by atoms with Crippen LogP contribution in [0.3, 0.4) is 0 Å². The van der Waals surface area contributed by atoms with Gasteiger partial charge in [0.05, 0.1) is 10.6 Å². The quantitative estimate of drug-likeness (QED) is 0.930. The fraction of sp³-hybridized carbons (Fsp3) is 0.812. The number of nitrogens with zero attached hydrogens (tertiary/aromatic N) is 2. The minimum absolute atomic E-state index is 0.346. The fourth-order valence-electron chi connectivity index (χ4n) is 3.92. The van der Waals surface area contributed by atoms with Crippen molar-refractivity contribution in [2.24, 2.45) is 5.92 Å². The van der Waals surface area contributed by atoms with Gasteiger partial charge in [0.2, 0.25) is 0 Å². The molecule has 0 bridgehead atoms. The number of hydrogen-bond acceptors (Lipinski definition) is 4. The Morgan fingerprint density at radius 3 is 3.05 bits per heavy atom. The van der Waals surface area contributed by atoms with Crippen molar-refractivity contribution >= 4 is 11.3 Å². The van der Waals surface area contributed by atoms with E-state index in [0.29, 0.717) is 5.92 Å². The van der Waals surface area contributed by atoms with E-state index in [0.717, 1.165) is 38.4 Å². The maximum atomic E-state index is 10.7. The highest BCUT2D eigenvalue weighted by molar-refractivity contribution is 7.11. The highest BCUT2D eigenvalue weighted by Crippen LogP contribution is 2.43. The average Bonchev–Trinajstić information content (AvgIpc) is 3.20. The summed E-state index contributed by atoms with van der Waals surface area (Å²) in [7, 11) is 0. The molecule has 3 aliphatic rings. The Kier molecular flexibility index (Phi) is 3.36. The Labute approximate surface area is 125 Å². The van der Waals surface area contributed by atoms with Crippen molar-refractivity contribution in [2.75, 3.05) is 13.1 Å². The van der Waals surface area contributed by atoms with E-state index in [1.165, 1.54) is 42.0 Å². The summed E-state index contributed by atoms with van der Waals surface area (Å²) < 4.78 is 0. The predicted octanol–water partition coefficient (Wildman–Crippen LogP) is 3.15. The van der Waals surface area contributed by atoms with Crippen LogP contribution in [-0.4, -0.2) is 33.7 Å². The summed E-state index contributed by atoms with van der Waals surface area (Å²) in [5.74, 6) is 1.28. The van der Waals surface area contributed by atoms with Gasteiger partial charge in [0.25, 0.3) is 0 Å². The van der Waals surface area contributed by atoms with Crippen molar-refractivity contribution < 1.29 is 5.11 Å². The SMILES string of the molecule is OC12CCCCC1CN(Cc1cnc(C3CC3)s1)CC2. The maximum Gasteiger partial charge on any atom is 0.0959 e. The van der Waals surface area contributed by atoms with E-state index >= 15 is 0 Å². The van der Waals surface area contributed by atoms with Gasteiger partial charge < -0.3 is 5.11 Å². The number of aromatic nitrogens is 1. The summed E-state index contributed by atoms with van der Waals surface area (Å²) in [5, 5.41) is 12.1. The molecular formula is C16H24N2OS. The molecule has 3 nitrogen and oxygen atoms in total. The van der Waals surface area contributed by atoms with Crippen LogP contribution >= 0.6 is 11.3 Å². The highest BCUT2D eigenvalue weighted by Gasteiger charge is 2.42. The molecule has 4 rings (SSSR count). The number of fused-ring (bicyclic) bond motifs is 1. The van der Waals surface area contributed by atoms with Crippen molar-refractivity contribution in [3.8, 4) is 0 Å². The van der Waals surface area contributed by atoms with E-state index in [9.17, 15) is 5.11 Å². The second-order valence-electron chi connectivity index (χ2n) is 6.97. The zero-order valence-corrected chi connectivity index (χ0v) is 12.9. The van der Waals surface area contributed by atoms with Gasteiger partial charge in [-0.1, -0.05) is 12.8 Å². The lowest BCUT2D eigenvalue weighted by Crippen LogP contribution is -2.52. The Bertz CT molecular complexity index is 485. The second-order valence-corrected chi connectivity index (χ2v) is 8.12. The third kappa shape index (κ3) is 2.53. The smallest absolute Gasteiger partial charge is 0.0959 e. The van der Waals surface area contributed by atoms with Gasteiger partial charge in [0.1, 0.15) is 0 Å². The number of rotatable bonds is 3. The molecule has 1 aliphatic heterocycles. The number of piperidine rings is 1. The van der Waals surface area contributed by atoms with Crippen LogP contribution in [-0.2, 0) is 6.54 Å². The summed E-state index contributed by atoms with van der Waals surface area (Å²) in [6.07, 6.45) is 10.5. The summed E-state index contributed by atoms with van der Waals surface area (Å²) in [5.41, 5.74) is -0.346. The van der Waals surface area contributed by atoms with Crippen molar-refractivity contribution in [3.63, 3.8) is 0 Å². The molecule has 2 heterocycles. The zero-order valence-electron chi connectivity index (χ0n) is 12.1. The van der Waals surface area contributed by atoms with Crippen LogP contribution in [0.2, 0.25) is 0 Å². The fourth-order valence-corrected chi connectivity index (χ4v) is 5.05. The molecule has 1 N–H and O–H groups in total. The molecule has 0 aromatic carbocycles. The Morgan fingerprint density at radius 1 is 1.30 bits per heavy atom. The lowest BCUT2D eigenvalue weighted by atomic mass is 9.71. The Hall–Kier alpha value is -0.450. The minimum atomic E-state index is -0.346. The van der Waals surface area contributed by atoms with E-state index in [-0.39, 0.29) is 5.60 Å². The second kappa shape index (κ2) is 5.08. The maximum absolute atomic E-state index is 10.7. The van der Waals surface area contributed by atoms with Gasteiger partial charge in [0.15, 0.2) is 0 Å². The van der Waals surface area contributed by atoms with Gasteiger partial charge in [0, 0.05) is 42.5 Å². The molecular weight excluding hydrogens is 268 g/mol. The van der Waals surface area contributed by atoms with Gasteiger partial charge in [-0.2, -0.15) is 0 Å². The van der Waals surface area contributed by atoms with E-state index in [1.807, 2.05) is 11.3 Å². The topological polar surface area (TPSA) is 36.4 Å². The van der Waals surface area contributed by atoms with Crippen LogP contribution in [0.1, 0.15) is 60.7 Å². The van der Waals surface area contributed by atoms with Gasteiger partial charge in [-0.25, -0.2) is 4.98 Å². The van der Waals surface area contributed by atoms with Gasteiger partial charge in [-0.05, 0) is 32.1 Å². The van der Waals surface area contributed by atoms with E-state index < -0.39 is 0 Å². The van der Waals surface area contributed by atoms with Gasteiger partial charge in [-0.15, -0.1) is 11.3 Å². The molecule has 1 saturated heterocycles. The first kappa shape index (κ1) is 13.2. The third-order valence-corrected chi connectivity index (χ3v) is 6.53. The number of hydrogen-bond donors (Lipinski definition) is 1. The molecule has 0 spiro atoms. The first-order valence-electron chi connectivity index (χ1n) is 8.12. The van der Waals surface area contributed by atoms with Crippen LogP contribution in [0.25, 0.3) is 0 Å². The number of likely N-dealkylation sites (tertiary alicyclic amines) is 1. The van der Waals surface area contributed by atoms with Crippen molar-refractivity contribution in [3.05, 3.63) is 16.1 Å². The number of thiazole rings is 1. The van der Waals surface area contributed by atoms with Crippen LogP contribution < -0.4 is 0 Å². The molecule has 1 aromatic rings. The monoisotopic (exact) mass is 292 g/mol. The van der Waals surface area contributed by atoms with E-state index in [4.69, 9.17) is 0 Å². The van der Waals surface area contributed by atoms with Gasteiger partial charge in [-0.3, -0.25) is 4.90 Å². The van der Waals surface area contributed by atoms with Crippen LogP contribution in [0, 0.1) is 5.92 Å². The lowest BCUT2D eigenvalue weighted by molar-refractivity contribution is -0.0966. The number of aliphatic hydroxyl groups is 1. The largest absolute Gasteiger partial charge is 0.390 e. The molecule has 110 valence electrons.